The predicted octanol–water partition coefficient (Wildman–Crippen LogP) is 1.25. The fourth-order valence-electron chi connectivity index (χ4n) is 0.946. The third kappa shape index (κ3) is 6.99. The number of nitrogens with one attached hydrogen (secondary N) is 2. The van der Waals surface area contributed by atoms with E-state index >= 15 is 0 Å². The van der Waals surface area contributed by atoms with Crippen molar-refractivity contribution >= 4 is 0 Å². The van der Waals surface area contributed by atoms with Crippen molar-refractivity contribution in [1.29, 1.82) is 0 Å². The molecule has 3 fully saturated rings. The molecule has 13 heavy (non-hydrogen) atoms. The van der Waals surface area contributed by atoms with Crippen LogP contribution >= 0.6 is 0 Å². The van der Waals surface area contributed by atoms with Crippen LogP contribution in [0.25, 0.3) is 0 Å². The van der Waals surface area contributed by atoms with Crippen LogP contribution in [0.2, 0.25) is 0 Å². The fourth-order valence-corrected chi connectivity index (χ4v) is 0.946. The monoisotopic (exact) mass is 190 g/mol. The molecule has 0 radical (unpaired) electrons. The molecule has 0 atom stereocenters. The molecular formula is C10H26N2O. The second-order valence-electron chi connectivity index (χ2n) is 3.53. The van der Waals surface area contributed by atoms with Gasteiger partial charge in [0, 0.05) is 16.1 Å². The van der Waals surface area contributed by atoms with E-state index in [1.165, 1.54) is 51.9 Å². The van der Waals surface area contributed by atoms with Gasteiger partial charge in [0.25, 0.3) is 0 Å². The van der Waals surface area contributed by atoms with Gasteiger partial charge in [-0.1, -0.05) is 0 Å². The van der Waals surface area contributed by atoms with Crippen LogP contribution < -0.4 is 10.6 Å². The third-order valence-electron chi connectivity index (χ3n) is 2.24. The lowest BCUT2D eigenvalue weighted by atomic mass is 10.3. The molecule has 0 spiro atoms. The first-order valence-corrected chi connectivity index (χ1v) is 5.49. The Labute approximate surface area is 84.2 Å². The summed E-state index contributed by atoms with van der Waals surface area (Å²) < 4.78 is 4.72. The van der Waals surface area contributed by atoms with E-state index in [0.29, 0.717) is 0 Å². The van der Waals surface area contributed by atoms with Crippen molar-refractivity contribution in [2.75, 3.05) is 39.4 Å². The fraction of sp³-hybridized carbons (Fsp3) is 1.00. The molecule has 0 saturated carbocycles. The molecule has 2 N–H and O–H groups in total. The van der Waals surface area contributed by atoms with Crippen molar-refractivity contribution in [2.24, 2.45) is 0 Å². The summed E-state index contributed by atoms with van der Waals surface area (Å²) in [5.41, 5.74) is 0. The number of ether oxygens (including phenoxy) is 1. The minimum atomic E-state index is 0. The van der Waals surface area contributed by atoms with Gasteiger partial charge in [0.05, 0.1) is 0 Å². The van der Waals surface area contributed by atoms with Crippen molar-refractivity contribution < 1.29 is 7.59 Å². The average Bonchev–Trinajstić information content (AvgIpc) is 2.28. The number of hydrogen-bond donors (Lipinski definition) is 2. The van der Waals surface area contributed by atoms with Crippen molar-refractivity contribution in [3.63, 3.8) is 0 Å². The normalized spacial score (nSPS) is 24.0. The summed E-state index contributed by atoms with van der Waals surface area (Å²) in [4.78, 5) is 0. The molecule has 0 bridgehead atoms. The molecule has 0 aliphatic carbocycles. The van der Waals surface area contributed by atoms with Crippen LogP contribution in [0, 0.1) is 0 Å². The SMILES string of the molecule is C1CCNC1.C1CNC1.C1COC1.[HH].[HH]. The molecule has 3 nitrogen and oxygen atoms in total. The molecule has 3 aliphatic heterocycles. The summed E-state index contributed by atoms with van der Waals surface area (Å²) >= 11 is 0. The molecular weight excluding hydrogens is 164 g/mol. The smallest absolute Gasteiger partial charge is 0.0488 e. The molecule has 0 aromatic rings. The summed E-state index contributed by atoms with van der Waals surface area (Å²) in [6.07, 6.45) is 5.44. The maximum absolute atomic E-state index is 4.72. The largest absolute Gasteiger partial charge is 0.381 e. The summed E-state index contributed by atoms with van der Waals surface area (Å²) in [5.74, 6) is 0. The maximum atomic E-state index is 4.72. The van der Waals surface area contributed by atoms with Crippen molar-refractivity contribution in [1.82, 2.24) is 10.6 Å². The molecule has 0 amide bonds. The van der Waals surface area contributed by atoms with Gasteiger partial charge in [0.2, 0.25) is 0 Å². The highest BCUT2D eigenvalue weighted by Crippen LogP contribution is 1.93. The van der Waals surface area contributed by atoms with Gasteiger partial charge in [0.15, 0.2) is 0 Å². The third-order valence-corrected chi connectivity index (χ3v) is 2.24. The van der Waals surface area contributed by atoms with Crippen LogP contribution in [0.3, 0.4) is 0 Å². The average molecular weight is 190 g/mol. The van der Waals surface area contributed by atoms with E-state index in [0.717, 1.165) is 13.2 Å². The van der Waals surface area contributed by atoms with E-state index in [9.17, 15) is 0 Å². The van der Waals surface area contributed by atoms with Gasteiger partial charge in [0.1, 0.15) is 0 Å². The molecule has 3 aliphatic rings. The van der Waals surface area contributed by atoms with Gasteiger partial charge in [-0.2, -0.15) is 0 Å². The number of rotatable bonds is 0. The first kappa shape index (κ1) is 11.0. The van der Waals surface area contributed by atoms with Crippen LogP contribution in [-0.2, 0) is 4.74 Å². The summed E-state index contributed by atoms with van der Waals surface area (Å²) in [5, 5.41) is 6.33. The Hall–Kier alpha value is -0.120. The minimum Gasteiger partial charge on any atom is -0.381 e. The zero-order chi connectivity index (χ0) is 9.19. The van der Waals surface area contributed by atoms with Crippen LogP contribution in [0.5, 0.6) is 0 Å². The molecule has 0 aromatic heterocycles. The van der Waals surface area contributed by atoms with E-state index in [4.69, 9.17) is 4.74 Å². The Morgan fingerprint density at radius 2 is 1.00 bits per heavy atom. The molecule has 82 valence electrons. The predicted molar refractivity (Wildman–Crippen MR) is 59.3 cm³/mol. The van der Waals surface area contributed by atoms with E-state index in [2.05, 4.69) is 10.6 Å². The van der Waals surface area contributed by atoms with Gasteiger partial charge >= 0.3 is 0 Å². The van der Waals surface area contributed by atoms with Crippen LogP contribution in [0.4, 0.5) is 0 Å². The summed E-state index contributed by atoms with van der Waals surface area (Å²) in [6.45, 7) is 7.00. The minimum absolute atomic E-state index is 0. The second-order valence-corrected chi connectivity index (χ2v) is 3.53. The van der Waals surface area contributed by atoms with E-state index < -0.39 is 0 Å². The Morgan fingerprint density at radius 3 is 1.08 bits per heavy atom. The lowest BCUT2D eigenvalue weighted by Crippen LogP contribution is -2.29. The molecule has 0 aromatic carbocycles. The lowest BCUT2D eigenvalue weighted by Gasteiger charge is -2.09. The molecule has 0 unspecified atom stereocenters. The van der Waals surface area contributed by atoms with E-state index in [1.54, 1.807) is 0 Å². The van der Waals surface area contributed by atoms with E-state index in [1.807, 2.05) is 0 Å². The van der Waals surface area contributed by atoms with Gasteiger partial charge < -0.3 is 15.4 Å². The highest BCUT2D eigenvalue weighted by Gasteiger charge is 1.94. The van der Waals surface area contributed by atoms with Crippen molar-refractivity contribution in [3.05, 3.63) is 0 Å². The Kier molecular flexibility index (Phi) is 7.15. The summed E-state index contributed by atoms with van der Waals surface area (Å²) in [7, 11) is 0. The van der Waals surface area contributed by atoms with Gasteiger partial charge in [-0.3, -0.25) is 0 Å². The quantitative estimate of drug-likeness (QED) is 0.603. The van der Waals surface area contributed by atoms with Crippen molar-refractivity contribution in [2.45, 2.75) is 25.7 Å². The summed E-state index contributed by atoms with van der Waals surface area (Å²) in [6, 6.07) is 0. The molecule has 3 saturated heterocycles. The highest BCUT2D eigenvalue weighted by molar-refractivity contribution is 4.56. The standard InChI is InChI=1S/C4H9N.C3H7N.C3H6O.2H2/c1-2-4-5-3-1;2*1-2-4-3-1;;/h5H,1-4H2;4H,1-3H2;1-3H2;2*1H. The first-order valence-electron chi connectivity index (χ1n) is 5.49. The second kappa shape index (κ2) is 8.48. The van der Waals surface area contributed by atoms with Gasteiger partial charge in [-0.15, -0.1) is 0 Å². The molecule has 3 heteroatoms. The van der Waals surface area contributed by atoms with Crippen LogP contribution in [0.15, 0.2) is 0 Å². The van der Waals surface area contributed by atoms with Crippen molar-refractivity contribution in [3.8, 4) is 0 Å². The highest BCUT2D eigenvalue weighted by atomic mass is 16.5. The topological polar surface area (TPSA) is 33.3 Å². The zero-order valence-electron chi connectivity index (χ0n) is 8.48. The lowest BCUT2D eigenvalue weighted by molar-refractivity contribution is 0.0367. The molecule has 3 heterocycles. The Bertz CT molecular complexity index is 82.0. The first-order chi connectivity index (χ1) is 6.50. The number of hydrogen-bond acceptors (Lipinski definition) is 3. The maximum Gasteiger partial charge on any atom is 0.0488 e. The Morgan fingerprint density at radius 1 is 0.692 bits per heavy atom. The van der Waals surface area contributed by atoms with Crippen LogP contribution in [0.1, 0.15) is 28.5 Å². The van der Waals surface area contributed by atoms with Gasteiger partial charge in [-0.25, -0.2) is 0 Å². The Balaban J connectivity index is 0. The van der Waals surface area contributed by atoms with E-state index in [-0.39, 0.29) is 2.85 Å². The van der Waals surface area contributed by atoms with Gasteiger partial charge in [-0.05, 0) is 51.9 Å². The zero-order valence-corrected chi connectivity index (χ0v) is 8.48. The molecule has 3 rings (SSSR count). The van der Waals surface area contributed by atoms with Crippen LogP contribution in [-0.4, -0.2) is 39.4 Å².